The molecule has 3 rings (SSSR count). The molecule has 0 aromatic carbocycles. The van der Waals surface area contributed by atoms with Gasteiger partial charge in [-0.1, -0.05) is 19.8 Å². The molecule has 2 heterocycles. The second kappa shape index (κ2) is 9.28. The quantitative estimate of drug-likeness (QED) is 0.502. The number of guanidine groups is 1. The summed E-state index contributed by atoms with van der Waals surface area (Å²) >= 11 is 0. The van der Waals surface area contributed by atoms with E-state index < -0.39 is 5.60 Å². The Bertz CT molecular complexity index is 751. The highest BCUT2D eigenvalue weighted by atomic mass is 16.3. The van der Waals surface area contributed by atoms with Gasteiger partial charge in [0, 0.05) is 37.8 Å². The number of aromatic nitrogens is 2. The molecule has 1 aliphatic rings. The number of aliphatic hydroxyl groups is 1. The van der Waals surface area contributed by atoms with Crippen LogP contribution in [0, 0.1) is 5.92 Å². The zero-order valence-corrected chi connectivity index (χ0v) is 17.2. The van der Waals surface area contributed by atoms with Crippen molar-refractivity contribution in [2.45, 2.75) is 57.6 Å². The fraction of sp³-hybridized carbons (Fsp3) is 0.619. The van der Waals surface area contributed by atoms with Gasteiger partial charge in [-0.05, 0) is 37.8 Å². The van der Waals surface area contributed by atoms with Crippen LogP contribution in [0.25, 0.3) is 0 Å². The molecule has 3 unspecified atom stereocenters. The third-order valence-corrected chi connectivity index (χ3v) is 5.55. The predicted octanol–water partition coefficient (Wildman–Crippen LogP) is 2.58. The highest BCUT2D eigenvalue weighted by Gasteiger charge is 2.26. The van der Waals surface area contributed by atoms with Gasteiger partial charge in [-0.15, -0.1) is 0 Å². The Balaban J connectivity index is 1.65. The molecule has 0 amide bonds. The molecule has 7 heteroatoms. The number of hydrogen-bond acceptors (Lipinski definition) is 4. The number of nitrogens with one attached hydrogen (secondary N) is 2. The Hall–Kier alpha value is -2.28. The van der Waals surface area contributed by atoms with Gasteiger partial charge < -0.3 is 20.2 Å². The number of aryl methyl sites for hydroxylation is 1. The van der Waals surface area contributed by atoms with Gasteiger partial charge in [0.15, 0.2) is 5.96 Å². The average molecular weight is 388 g/mol. The van der Waals surface area contributed by atoms with Crippen molar-refractivity contribution in [3.05, 3.63) is 42.1 Å². The summed E-state index contributed by atoms with van der Waals surface area (Å²) in [5.74, 6) is 2.30. The molecule has 1 fully saturated rings. The van der Waals surface area contributed by atoms with Gasteiger partial charge in [-0.3, -0.25) is 4.68 Å². The molecule has 1 aliphatic carbocycles. The third-order valence-electron chi connectivity index (χ3n) is 5.55. The van der Waals surface area contributed by atoms with Gasteiger partial charge in [0.25, 0.3) is 0 Å². The minimum absolute atomic E-state index is 0.260. The Morgan fingerprint density at radius 2 is 2.25 bits per heavy atom. The van der Waals surface area contributed by atoms with Gasteiger partial charge in [0.05, 0.1) is 19.0 Å². The standard InChI is InChI=1S/C21H33N5O2/c1-16-7-4-5-9-19(16)25-20(22-11-10-18-8-6-12-28-18)23-15-21(2,27)17-13-24-26(3)14-17/h6,8,12-14,16,19,27H,4-5,7,9-11,15H2,1-3H3,(H2,22,23,25). The Labute approximate surface area is 167 Å². The van der Waals surface area contributed by atoms with E-state index in [0.29, 0.717) is 12.0 Å². The van der Waals surface area contributed by atoms with Crippen molar-refractivity contribution in [2.75, 3.05) is 13.1 Å². The Morgan fingerprint density at radius 3 is 2.93 bits per heavy atom. The van der Waals surface area contributed by atoms with Gasteiger partial charge in [0.2, 0.25) is 0 Å². The first-order valence-electron chi connectivity index (χ1n) is 10.2. The van der Waals surface area contributed by atoms with Gasteiger partial charge in [-0.25, -0.2) is 4.99 Å². The largest absolute Gasteiger partial charge is 0.469 e. The maximum atomic E-state index is 10.9. The van der Waals surface area contributed by atoms with E-state index in [9.17, 15) is 5.11 Å². The first kappa shape index (κ1) is 20.5. The number of aliphatic imine (C=N–C) groups is 1. The molecule has 3 N–H and O–H groups in total. The molecule has 7 nitrogen and oxygen atoms in total. The van der Waals surface area contributed by atoms with E-state index in [1.165, 1.54) is 19.3 Å². The zero-order chi connectivity index (χ0) is 20.0. The van der Waals surface area contributed by atoms with E-state index in [1.54, 1.807) is 24.1 Å². The third kappa shape index (κ3) is 5.61. The van der Waals surface area contributed by atoms with Crippen molar-refractivity contribution in [3.63, 3.8) is 0 Å². The highest BCUT2D eigenvalue weighted by Crippen LogP contribution is 2.24. The average Bonchev–Trinajstić information content (AvgIpc) is 3.33. The fourth-order valence-electron chi connectivity index (χ4n) is 3.64. The van der Waals surface area contributed by atoms with Crippen LogP contribution in [-0.2, 0) is 19.1 Å². The molecule has 2 aromatic rings. The van der Waals surface area contributed by atoms with Crippen LogP contribution in [0.3, 0.4) is 0 Å². The summed E-state index contributed by atoms with van der Waals surface area (Å²) in [6.45, 7) is 5.05. The zero-order valence-electron chi connectivity index (χ0n) is 17.2. The summed E-state index contributed by atoms with van der Waals surface area (Å²) in [7, 11) is 1.84. The minimum Gasteiger partial charge on any atom is -0.469 e. The number of hydrogen-bond donors (Lipinski definition) is 3. The van der Waals surface area contributed by atoms with E-state index in [0.717, 1.165) is 36.7 Å². The van der Waals surface area contributed by atoms with E-state index in [1.807, 2.05) is 25.4 Å². The molecule has 0 spiro atoms. The smallest absolute Gasteiger partial charge is 0.191 e. The molecule has 28 heavy (non-hydrogen) atoms. The summed E-state index contributed by atoms with van der Waals surface area (Å²) in [5, 5.41) is 22.0. The van der Waals surface area contributed by atoms with Crippen molar-refractivity contribution >= 4 is 5.96 Å². The van der Waals surface area contributed by atoms with Gasteiger partial charge in [-0.2, -0.15) is 5.10 Å². The van der Waals surface area contributed by atoms with Crippen LogP contribution in [0.5, 0.6) is 0 Å². The lowest BCUT2D eigenvalue weighted by Crippen LogP contribution is -2.48. The first-order valence-corrected chi connectivity index (χ1v) is 10.2. The molecular weight excluding hydrogens is 354 g/mol. The monoisotopic (exact) mass is 387 g/mol. The summed E-state index contributed by atoms with van der Waals surface area (Å²) in [4.78, 5) is 4.71. The topological polar surface area (TPSA) is 87.6 Å². The molecule has 0 saturated heterocycles. The molecular formula is C21H33N5O2. The molecule has 154 valence electrons. The molecule has 0 aliphatic heterocycles. The molecule has 1 saturated carbocycles. The normalized spacial score (nSPS) is 22.6. The van der Waals surface area contributed by atoms with Crippen LogP contribution in [0.1, 0.15) is 50.9 Å². The molecule has 2 aromatic heterocycles. The summed E-state index contributed by atoms with van der Waals surface area (Å²) < 4.78 is 7.10. The number of rotatable bonds is 7. The Kier molecular flexibility index (Phi) is 6.78. The maximum absolute atomic E-state index is 10.9. The van der Waals surface area contributed by atoms with Crippen LogP contribution < -0.4 is 10.6 Å². The molecule has 3 atom stereocenters. The lowest BCUT2D eigenvalue weighted by molar-refractivity contribution is 0.0671. The fourth-order valence-corrected chi connectivity index (χ4v) is 3.64. The van der Waals surface area contributed by atoms with E-state index in [4.69, 9.17) is 9.41 Å². The van der Waals surface area contributed by atoms with Crippen molar-refractivity contribution in [1.82, 2.24) is 20.4 Å². The highest BCUT2D eigenvalue weighted by molar-refractivity contribution is 5.80. The number of furan rings is 1. The van der Waals surface area contributed by atoms with E-state index in [-0.39, 0.29) is 6.54 Å². The first-order chi connectivity index (χ1) is 13.4. The van der Waals surface area contributed by atoms with Crippen LogP contribution in [-0.4, -0.2) is 40.0 Å². The van der Waals surface area contributed by atoms with Crippen LogP contribution in [0.15, 0.2) is 40.2 Å². The second-order valence-electron chi connectivity index (χ2n) is 8.11. The van der Waals surface area contributed by atoms with Crippen LogP contribution in [0.2, 0.25) is 0 Å². The minimum atomic E-state index is -1.07. The van der Waals surface area contributed by atoms with Crippen LogP contribution in [0.4, 0.5) is 0 Å². The Morgan fingerprint density at radius 1 is 1.43 bits per heavy atom. The van der Waals surface area contributed by atoms with Gasteiger partial charge >= 0.3 is 0 Å². The van der Waals surface area contributed by atoms with E-state index >= 15 is 0 Å². The van der Waals surface area contributed by atoms with Crippen molar-refractivity contribution in [3.8, 4) is 0 Å². The summed E-state index contributed by atoms with van der Waals surface area (Å²) in [6, 6.07) is 4.28. The van der Waals surface area contributed by atoms with Crippen molar-refractivity contribution < 1.29 is 9.52 Å². The molecule has 0 bridgehead atoms. The summed E-state index contributed by atoms with van der Waals surface area (Å²) in [5.41, 5.74) is -0.304. The lowest BCUT2D eigenvalue weighted by atomic mass is 9.86. The number of nitrogens with zero attached hydrogens (tertiary/aromatic N) is 3. The SMILES string of the molecule is CC1CCCCC1NC(=NCC(C)(O)c1cnn(C)c1)NCCc1ccco1. The van der Waals surface area contributed by atoms with Crippen molar-refractivity contribution in [2.24, 2.45) is 18.0 Å². The molecule has 0 radical (unpaired) electrons. The predicted molar refractivity (Wildman–Crippen MR) is 110 cm³/mol. The van der Waals surface area contributed by atoms with Gasteiger partial charge in [0.1, 0.15) is 11.4 Å². The van der Waals surface area contributed by atoms with E-state index in [2.05, 4.69) is 22.7 Å². The maximum Gasteiger partial charge on any atom is 0.191 e. The summed E-state index contributed by atoms with van der Waals surface area (Å²) in [6.07, 6.45) is 10.9. The van der Waals surface area contributed by atoms with Crippen LogP contribution >= 0.6 is 0 Å². The second-order valence-corrected chi connectivity index (χ2v) is 8.11. The lowest BCUT2D eigenvalue weighted by Gasteiger charge is -2.31. The van der Waals surface area contributed by atoms with Crippen molar-refractivity contribution in [1.29, 1.82) is 0 Å².